The fourth-order valence-electron chi connectivity index (χ4n) is 7.53. The Kier molecular flexibility index (Phi) is 13.5. The molecular weight excluding hydrogens is 800 g/mol. The molecule has 1 saturated heterocycles. The molecular formula is C40H56ClF2N5O9S. The number of amides is 4. The van der Waals surface area contributed by atoms with E-state index in [4.69, 9.17) is 25.8 Å². The lowest BCUT2D eigenvalue weighted by Crippen LogP contribution is -2.59. The molecule has 0 radical (unpaired) electrons. The standard InChI is InChI=1S/C40H56ClF2N5O9S/c1-9-11-22(2)16-23(3)32(45-37(52)57-38(5,6)7)35(50)48-20-25(56-34-26-12-10-13-28(41)27(26)18-31(44-34)55-21-30(42)43)17-29(48)33(49)46-40(19-24(40)4)36(51)47-58(53,54)39(8)14-15-39/h10,12-13,18,22-25,29-30,32H,9,11,14-17,19-21H2,1-8H3,(H,45,52)(H,46,49)(H,47,51)/t22-,23-,24-,25-,29+,32+,40-/m1/s1. The second-order valence-corrected chi connectivity index (χ2v) is 20.1. The lowest BCUT2D eigenvalue weighted by Gasteiger charge is -2.33. The number of pyridine rings is 1. The summed E-state index contributed by atoms with van der Waals surface area (Å²) >= 11 is 6.48. The van der Waals surface area contributed by atoms with Gasteiger partial charge in [-0.05, 0) is 83.3 Å². The number of hydrogen-bond acceptors (Lipinski definition) is 10. The van der Waals surface area contributed by atoms with E-state index >= 15 is 0 Å². The Morgan fingerprint density at radius 3 is 2.38 bits per heavy atom. The van der Waals surface area contributed by atoms with Gasteiger partial charge in [-0.25, -0.2) is 22.0 Å². The SMILES string of the molecule is CCC[C@@H](C)C[C@@H](C)[C@H](NC(=O)OC(C)(C)C)C(=O)N1C[C@H](Oc2nc(OCC(F)F)cc3c(Cl)cccc23)C[C@H]1C(=O)N[C@]1(C(=O)NS(=O)(=O)C2(C)CC2)C[C@H]1C. The van der Waals surface area contributed by atoms with Crippen molar-refractivity contribution in [2.24, 2.45) is 17.8 Å². The maximum Gasteiger partial charge on any atom is 0.408 e. The van der Waals surface area contributed by atoms with E-state index in [1.165, 1.54) is 11.0 Å². The Hall–Kier alpha value is -3.99. The molecule has 2 aliphatic carbocycles. The minimum Gasteiger partial charge on any atom is -0.472 e. The van der Waals surface area contributed by atoms with Crippen LogP contribution in [-0.2, 0) is 29.1 Å². The number of benzene rings is 1. The van der Waals surface area contributed by atoms with Crippen LogP contribution in [0.5, 0.6) is 11.8 Å². The molecule has 3 fully saturated rings. The van der Waals surface area contributed by atoms with E-state index in [9.17, 15) is 36.4 Å². The molecule has 58 heavy (non-hydrogen) atoms. The van der Waals surface area contributed by atoms with Crippen LogP contribution in [-0.4, -0.2) is 95.8 Å². The van der Waals surface area contributed by atoms with Crippen LogP contribution in [0.25, 0.3) is 10.8 Å². The smallest absolute Gasteiger partial charge is 0.408 e. The van der Waals surface area contributed by atoms with Crippen molar-refractivity contribution in [3.05, 3.63) is 29.3 Å². The Labute approximate surface area is 343 Å². The van der Waals surface area contributed by atoms with Crippen molar-refractivity contribution < 1.29 is 50.6 Å². The topological polar surface area (TPSA) is 182 Å². The third-order valence-electron chi connectivity index (χ3n) is 11.2. The van der Waals surface area contributed by atoms with Crippen molar-refractivity contribution in [3.63, 3.8) is 0 Å². The first-order valence-electron chi connectivity index (χ1n) is 19.8. The van der Waals surface area contributed by atoms with Crippen LogP contribution in [0.1, 0.15) is 100 Å². The highest BCUT2D eigenvalue weighted by Crippen LogP contribution is 2.46. The zero-order chi connectivity index (χ0) is 43.0. The van der Waals surface area contributed by atoms with E-state index in [0.29, 0.717) is 30.0 Å². The molecule has 0 spiro atoms. The minimum absolute atomic E-state index is 0.0432. The molecule has 3 N–H and O–H groups in total. The number of rotatable bonds is 17. The average Bonchev–Trinajstić information content (AvgIpc) is 3.98. The van der Waals surface area contributed by atoms with Gasteiger partial charge in [-0.3, -0.25) is 19.1 Å². The van der Waals surface area contributed by atoms with Gasteiger partial charge in [-0.2, -0.15) is 4.98 Å². The summed E-state index contributed by atoms with van der Waals surface area (Å²) < 4.78 is 70.6. The van der Waals surface area contributed by atoms with Gasteiger partial charge in [0.1, 0.15) is 29.3 Å². The summed E-state index contributed by atoms with van der Waals surface area (Å²) in [5.41, 5.74) is -2.43. The fraction of sp³-hybridized carbons (Fsp3) is 0.675. The van der Waals surface area contributed by atoms with Crippen molar-refractivity contribution >= 4 is 56.2 Å². The van der Waals surface area contributed by atoms with Gasteiger partial charge in [0, 0.05) is 28.3 Å². The summed E-state index contributed by atoms with van der Waals surface area (Å²) in [5.74, 6) is -3.07. The number of alkyl halides is 2. The first kappa shape index (κ1) is 45.1. The van der Waals surface area contributed by atoms with Crippen LogP contribution < -0.4 is 24.8 Å². The molecule has 2 aromatic rings. The monoisotopic (exact) mass is 855 g/mol. The van der Waals surface area contributed by atoms with Crippen LogP contribution in [0, 0.1) is 17.8 Å². The Bertz CT molecular complexity index is 2000. The lowest BCUT2D eigenvalue weighted by molar-refractivity contribution is -0.142. The number of likely N-dealkylation sites (tertiary alicyclic amines) is 1. The average molecular weight is 856 g/mol. The summed E-state index contributed by atoms with van der Waals surface area (Å²) in [6.07, 6.45) is -1.34. The second kappa shape index (κ2) is 17.3. The van der Waals surface area contributed by atoms with Gasteiger partial charge in [-0.15, -0.1) is 0 Å². The van der Waals surface area contributed by atoms with Gasteiger partial charge in [0.05, 0.1) is 11.3 Å². The number of ether oxygens (including phenoxy) is 3. The minimum atomic E-state index is -4.02. The predicted molar refractivity (Wildman–Crippen MR) is 213 cm³/mol. The number of nitrogens with zero attached hydrogens (tertiary/aromatic N) is 2. The molecule has 4 amide bonds. The van der Waals surface area contributed by atoms with E-state index < -0.39 is 92.8 Å². The van der Waals surface area contributed by atoms with Crippen LogP contribution in [0.3, 0.4) is 0 Å². The third kappa shape index (κ3) is 10.4. The summed E-state index contributed by atoms with van der Waals surface area (Å²) in [5, 5.41) is 6.63. The summed E-state index contributed by atoms with van der Waals surface area (Å²) in [4.78, 5) is 61.7. The van der Waals surface area contributed by atoms with Gasteiger partial charge >= 0.3 is 6.09 Å². The number of carbonyl (C=O) groups is 4. The van der Waals surface area contributed by atoms with Gasteiger partial charge in [0.25, 0.3) is 12.3 Å². The second-order valence-electron chi connectivity index (χ2n) is 17.5. The number of aromatic nitrogens is 1. The number of halogens is 3. The number of fused-ring (bicyclic) bond motifs is 1. The van der Waals surface area contributed by atoms with Crippen LogP contribution >= 0.6 is 11.6 Å². The molecule has 1 aromatic heterocycles. The van der Waals surface area contributed by atoms with Crippen molar-refractivity contribution in [3.8, 4) is 11.8 Å². The largest absolute Gasteiger partial charge is 0.472 e. The van der Waals surface area contributed by atoms with E-state index in [2.05, 4.69) is 34.2 Å². The third-order valence-corrected chi connectivity index (χ3v) is 13.7. The Balaban J connectivity index is 1.49. The number of carbonyl (C=O) groups excluding carboxylic acids is 4. The molecule has 3 aliphatic rings. The molecule has 0 bridgehead atoms. The quantitative estimate of drug-likeness (QED) is 0.168. The maximum atomic E-state index is 14.8. The molecule has 18 heteroatoms. The van der Waals surface area contributed by atoms with E-state index in [-0.39, 0.29) is 42.1 Å². The molecule has 14 nitrogen and oxygen atoms in total. The number of sulfonamides is 1. The highest BCUT2D eigenvalue weighted by Gasteiger charge is 2.62. The van der Waals surface area contributed by atoms with E-state index in [0.717, 1.165) is 12.8 Å². The molecule has 2 heterocycles. The Morgan fingerprint density at radius 2 is 1.79 bits per heavy atom. The zero-order valence-corrected chi connectivity index (χ0v) is 35.9. The van der Waals surface area contributed by atoms with Crippen LogP contribution in [0.15, 0.2) is 24.3 Å². The number of alkyl carbamates (subject to hydrolysis) is 1. The van der Waals surface area contributed by atoms with Gasteiger partial charge < -0.3 is 29.7 Å². The zero-order valence-electron chi connectivity index (χ0n) is 34.3. The van der Waals surface area contributed by atoms with Crippen molar-refractivity contribution in [1.82, 2.24) is 25.2 Å². The molecule has 1 aromatic carbocycles. The fourth-order valence-corrected chi connectivity index (χ4v) is 9.07. The van der Waals surface area contributed by atoms with Crippen LogP contribution in [0.4, 0.5) is 13.6 Å². The highest BCUT2D eigenvalue weighted by molar-refractivity contribution is 7.91. The van der Waals surface area contributed by atoms with Gasteiger partial charge in [0.2, 0.25) is 33.6 Å². The normalized spacial score (nSPS) is 24.1. The molecule has 0 unspecified atom stereocenters. The summed E-state index contributed by atoms with van der Waals surface area (Å²) in [6, 6.07) is 3.92. The van der Waals surface area contributed by atoms with Crippen LogP contribution in [0.2, 0.25) is 5.02 Å². The van der Waals surface area contributed by atoms with Crippen molar-refractivity contribution in [2.75, 3.05) is 13.2 Å². The first-order chi connectivity index (χ1) is 27.0. The van der Waals surface area contributed by atoms with Crippen molar-refractivity contribution in [1.29, 1.82) is 0 Å². The highest BCUT2D eigenvalue weighted by atomic mass is 35.5. The van der Waals surface area contributed by atoms with Crippen molar-refractivity contribution in [2.45, 2.75) is 141 Å². The predicted octanol–water partition coefficient (Wildman–Crippen LogP) is 6.13. The molecule has 5 rings (SSSR count). The van der Waals surface area contributed by atoms with Gasteiger partial charge in [-0.1, -0.05) is 58.2 Å². The Morgan fingerprint density at radius 1 is 1.12 bits per heavy atom. The first-order valence-corrected chi connectivity index (χ1v) is 21.7. The number of hydrogen-bond donors (Lipinski definition) is 3. The van der Waals surface area contributed by atoms with E-state index in [1.54, 1.807) is 52.8 Å². The summed E-state index contributed by atoms with van der Waals surface area (Å²) in [7, 11) is -4.02. The summed E-state index contributed by atoms with van der Waals surface area (Å²) in [6.45, 7) is 13.2. The molecule has 2 saturated carbocycles. The van der Waals surface area contributed by atoms with Gasteiger partial charge in [0.15, 0.2) is 6.61 Å². The molecule has 1 aliphatic heterocycles. The molecule has 7 atom stereocenters. The lowest BCUT2D eigenvalue weighted by atomic mass is 9.88. The maximum absolute atomic E-state index is 14.8. The number of nitrogens with one attached hydrogen (secondary N) is 3. The van der Waals surface area contributed by atoms with E-state index in [1.807, 2.05) is 6.92 Å². The molecule has 322 valence electrons.